The zero-order valence-corrected chi connectivity index (χ0v) is 10.0. The highest BCUT2D eigenvalue weighted by Gasteiger charge is 2.19. The molecule has 0 heterocycles. The van der Waals surface area contributed by atoms with Gasteiger partial charge in [0.2, 0.25) is 0 Å². The van der Waals surface area contributed by atoms with Crippen molar-refractivity contribution in [2.75, 3.05) is 0 Å². The van der Waals surface area contributed by atoms with Crippen LogP contribution < -0.4 is 5.73 Å². The van der Waals surface area contributed by atoms with E-state index in [2.05, 4.69) is 0 Å². The summed E-state index contributed by atoms with van der Waals surface area (Å²) in [4.78, 5) is 11.7. The zero-order chi connectivity index (χ0) is 13.0. The second-order valence-corrected chi connectivity index (χ2v) is 4.58. The van der Waals surface area contributed by atoms with Crippen LogP contribution in [-0.2, 0) is 11.2 Å². The Morgan fingerprint density at radius 3 is 2.29 bits per heavy atom. The van der Waals surface area contributed by atoms with E-state index >= 15 is 0 Å². The maximum Gasteiger partial charge on any atom is 0.154 e. The molecule has 0 fully saturated rings. The lowest BCUT2D eigenvalue weighted by Gasteiger charge is -2.13. The fourth-order valence-corrected chi connectivity index (χ4v) is 1.65. The Balaban J connectivity index is 2.74. The lowest BCUT2D eigenvalue weighted by molar-refractivity contribution is -0.120. The van der Waals surface area contributed by atoms with E-state index < -0.39 is 17.7 Å². The third-order valence-corrected chi connectivity index (χ3v) is 2.55. The average Bonchev–Trinajstić information content (AvgIpc) is 2.22. The highest BCUT2D eigenvalue weighted by molar-refractivity contribution is 5.85. The molecule has 0 spiro atoms. The Labute approximate surface area is 99.8 Å². The lowest BCUT2D eigenvalue weighted by Crippen LogP contribution is -2.33. The Hall–Kier alpha value is -1.29. The van der Waals surface area contributed by atoms with Gasteiger partial charge in [-0.25, -0.2) is 8.78 Å². The molecule has 1 aromatic carbocycles. The van der Waals surface area contributed by atoms with E-state index in [1.54, 1.807) is 0 Å². The third kappa shape index (κ3) is 3.89. The van der Waals surface area contributed by atoms with E-state index in [1.807, 2.05) is 13.8 Å². The van der Waals surface area contributed by atoms with Crippen LogP contribution in [0.4, 0.5) is 8.78 Å². The van der Waals surface area contributed by atoms with Crippen LogP contribution in [0.25, 0.3) is 0 Å². The second-order valence-electron chi connectivity index (χ2n) is 4.58. The quantitative estimate of drug-likeness (QED) is 0.860. The standard InChI is InChI=1S/C13H17F2NO/c1-8(2)6-12(16)13(17)7-9-10(14)4-3-5-11(9)15/h3-5,8,12H,6-7,16H2,1-2H3. The smallest absolute Gasteiger partial charge is 0.154 e. The van der Waals surface area contributed by atoms with Crippen molar-refractivity contribution in [3.63, 3.8) is 0 Å². The Kier molecular flexibility index (Phi) is 4.75. The molecule has 0 aliphatic rings. The van der Waals surface area contributed by atoms with Crippen molar-refractivity contribution in [3.05, 3.63) is 35.4 Å². The van der Waals surface area contributed by atoms with Crippen molar-refractivity contribution >= 4 is 5.78 Å². The first-order valence-corrected chi connectivity index (χ1v) is 5.63. The number of ketones is 1. The minimum Gasteiger partial charge on any atom is -0.321 e. The number of halogens is 2. The molecule has 1 aromatic rings. The Morgan fingerprint density at radius 1 is 1.29 bits per heavy atom. The predicted octanol–water partition coefficient (Wildman–Crippen LogP) is 2.45. The highest BCUT2D eigenvalue weighted by Crippen LogP contribution is 2.14. The molecular weight excluding hydrogens is 224 g/mol. The van der Waals surface area contributed by atoms with Crippen molar-refractivity contribution in [1.82, 2.24) is 0 Å². The molecule has 1 unspecified atom stereocenters. The molecule has 0 aliphatic heterocycles. The number of hydrogen-bond donors (Lipinski definition) is 1. The van der Waals surface area contributed by atoms with Gasteiger partial charge in [-0.05, 0) is 24.5 Å². The summed E-state index contributed by atoms with van der Waals surface area (Å²) in [6.07, 6.45) is 0.237. The van der Waals surface area contributed by atoms with E-state index in [9.17, 15) is 13.6 Å². The molecule has 0 radical (unpaired) electrons. The minimum atomic E-state index is -0.699. The SMILES string of the molecule is CC(C)CC(N)C(=O)Cc1c(F)cccc1F. The number of hydrogen-bond acceptors (Lipinski definition) is 2. The summed E-state index contributed by atoms with van der Waals surface area (Å²) in [6.45, 7) is 3.88. The molecule has 0 aromatic heterocycles. The molecule has 0 saturated heterocycles. The second kappa shape index (κ2) is 5.87. The van der Waals surface area contributed by atoms with Gasteiger partial charge in [0.25, 0.3) is 0 Å². The average molecular weight is 241 g/mol. The van der Waals surface area contributed by atoms with Gasteiger partial charge in [0, 0.05) is 12.0 Å². The van der Waals surface area contributed by atoms with Gasteiger partial charge < -0.3 is 5.73 Å². The van der Waals surface area contributed by atoms with Crippen LogP contribution in [-0.4, -0.2) is 11.8 Å². The van der Waals surface area contributed by atoms with Crippen LogP contribution in [0.3, 0.4) is 0 Å². The molecule has 4 heteroatoms. The molecule has 94 valence electrons. The number of carbonyl (C=O) groups excluding carboxylic acids is 1. The number of rotatable bonds is 5. The van der Waals surface area contributed by atoms with Gasteiger partial charge in [-0.3, -0.25) is 4.79 Å². The summed E-state index contributed by atoms with van der Waals surface area (Å²) in [7, 11) is 0. The maximum absolute atomic E-state index is 13.3. The highest BCUT2D eigenvalue weighted by atomic mass is 19.1. The first-order valence-electron chi connectivity index (χ1n) is 5.63. The number of carbonyl (C=O) groups is 1. The van der Waals surface area contributed by atoms with Crippen LogP contribution >= 0.6 is 0 Å². The number of benzene rings is 1. The van der Waals surface area contributed by atoms with Crippen LogP contribution in [0.15, 0.2) is 18.2 Å². The van der Waals surface area contributed by atoms with Crippen molar-refractivity contribution in [3.8, 4) is 0 Å². The topological polar surface area (TPSA) is 43.1 Å². The summed E-state index contributed by atoms with van der Waals surface area (Å²) in [5.41, 5.74) is 5.47. The minimum absolute atomic E-state index is 0.197. The van der Waals surface area contributed by atoms with E-state index in [0.29, 0.717) is 6.42 Å². The molecule has 17 heavy (non-hydrogen) atoms. The largest absolute Gasteiger partial charge is 0.321 e. The van der Waals surface area contributed by atoms with Crippen LogP contribution in [0.1, 0.15) is 25.8 Å². The summed E-state index contributed by atoms with van der Waals surface area (Å²) in [5, 5.41) is 0. The summed E-state index contributed by atoms with van der Waals surface area (Å²) >= 11 is 0. The summed E-state index contributed by atoms with van der Waals surface area (Å²) < 4.78 is 26.6. The summed E-state index contributed by atoms with van der Waals surface area (Å²) in [6, 6.07) is 2.89. The third-order valence-electron chi connectivity index (χ3n) is 2.55. The van der Waals surface area contributed by atoms with Crippen molar-refractivity contribution < 1.29 is 13.6 Å². The Bertz CT molecular complexity index is 384. The number of Topliss-reactive ketones (excluding diaryl/α,β-unsaturated/α-hetero) is 1. The van der Waals surface area contributed by atoms with Gasteiger partial charge in [0.05, 0.1) is 6.04 Å². The molecular formula is C13H17F2NO. The van der Waals surface area contributed by atoms with E-state index in [4.69, 9.17) is 5.73 Å². The fourth-order valence-electron chi connectivity index (χ4n) is 1.65. The lowest BCUT2D eigenvalue weighted by atomic mass is 9.96. The van der Waals surface area contributed by atoms with E-state index in [0.717, 1.165) is 12.1 Å². The van der Waals surface area contributed by atoms with Crippen molar-refractivity contribution in [2.45, 2.75) is 32.7 Å². The van der Waals surface area contributed by atoms with Gasteiger partial charge in [0.1, 0.15) is 11.6 Å². The normalized spacial score (nSPS) is 12.8. The van der Waals surface area contributed by atoms with Crippen LogP contribution in [0.2, 0.25) is 0 Å². The molecule has 0 amide bonds. The molecule has 0 saturated carbocycles. The first-order chi connectivity index (χ1) is 7.91. The van der Waals surface area contributed by atoms with Crippen molar-refractivity contribution in [2.24, 2.45) is 11.7 Å². The molecule has 2 N–H and O–H groups in total. The van der Waals surface area contributed by atoms with Gasteiger partial charge in [-0.15, -0.1) is 0 Å². The summed E-state index contributed by atoms with van der Waals surface area (Å²) in [5.74, 6) is -1.45. The maximum atomic E-state index is 13.3. The van der Waals surface area contributed by atoms with Crippen LogP contribution in [0.5, 0.6) is 0 Å². The molecule has 0 bridgehead atoms. The molecule has 2 nitrogen and oxygen atoms in total. The molecule has 1 rings (SSSR count). The first kappa shape index (κ1) is 13.8. The van der Waals surface area contributed by atoms with E-state index in [-0.39, 0.29) is 23.7 Å². The Morgan fingerprint density at radius 2 is 1.82 bits per heavy atom. The van der Waals surface area contributed by atoms with E-state index in [1.165, 1.54) is 6.07 Å². The van der Waals surface area contributed by atoms with Gasteiger partial charge in [-0.2, -0.15) is 0 Å². The van der Waals surface area contributed by atoms with Crippen LogP contribution in [0, 0.1) is 17.6 Å². The molecule has 0 aliphatic carbocycles. The van der Waals surface area contributed by atoms with Gasteiger partial charge in [0.15, 0.2) is 5.78 Å². The molecule has 1 atom stereocenters. The fraction of sp³-hybridized carbons (Fsp3) is 0.462. The zero-order valence-electron chi connectivity index (χ0n) is 10.0. The number of nitrogens with two attached hydrogens (primary N) is 1. The van der Waals surface area contributed by atoms with Gasteiger partial charge in [-0.1, -0.05) is 19.9 Å². The predicted molar refractivity (Wildman–Crippen MR) is 62.5 cm³/mol. The van der Waals surface area contributed by atoms with Gasteiger partial charge >= 0.3 is 0 Å². The monoisotopic (exact) mass is 241 g/mol. The van der Waals surface area contributed by atoms with Crippen molar-refractivity contribution in [1.29, 1.82) is 0 Å².